The van der Waals surface area contributed by atoms with E-state index in [9.17, 15) is 9.59 Å². The molecule has 0 saturated carbocycles. The van der Waals surface area contributed by atoms with Crippen LogP contribution < -0.4 is 5.32 Å². The molecule has 0 aromatic heterocycles. The number of carboxylic acids is 1. The summed E-state index contributed by atoms with van der Waals surface area (Å²) in [6, 6.07) is -0.359. The van der Waals surface area contributed by atoms with E-state index in [0.29, 0.717) is 32.8 Å². The summed E-state index contributed by atoms with van der Waals surface area (Å²) in [5, 5.41) is 12.2. The number of aliphatic carboxylic acids is 1. The van der Waals surface area contributed by atoms with Crippen molar-refractivity contribution in [1.82, 2.24) is 10.2 Å². The SMILES string of the molecule is O=C(O)CC1COCCN1C(=O)CCOC1CCNCC1. The van der Waals surface area contributed by atoms with E-state index in [1.807, 2.05) is 0 Å². The second-order valence-electron chi connectivity index (χ2n) is 5.48. The lowest BCUT2D eigenvalue weighted by Crippen LogP contribution is -2.49. The van der Waals surface area contributed by atoms with Crippen molar-refractivity contribution in [3.63, 3.8) is 0 Å². The standard InChI is InChI=1S/C14H24N2O5/c17-13(3-7-21-12-1-4-15-5-2-12)16-6-8-20-10-11(16)9-14(18)19/h11-12,15H,1-10H2,(H,18,19). The van der Waals surface area contributed by atoms with E-state index >= 15 is 0 Å². The Morgan fingerprint density at radius 1 is 1.33 bits per heavy atom. The van der Waals surface area contributed by atoms with Crippen LogP contribution in [0.15, 0.2) is 0 Å². The topological polar surface area (TPSA) is 88.1 Å². The third-order valence-electron chi connectivity index (χ3n) is 3.91. The minimum absolute atomic E-state index is 0.0431. The summed E-state index contributed by atoms with van der Waals surface area (Å²) in [6.45, 7) is 3.56. The molecular weight excluding hydrogens is 276 g/mol. The van der Waals surface area contributed by atoms with E-state index in [-0.39, 0.29) is 24.5 Å². The fraction of sp³-hybridized carbons (Fsp3) is 0.857. The highest BCUT2D eigenvalue weighted by molar-refractivity contribution is 5.78. The predicted octanol–water partition coefficient (Wildman–Crippen LogP) is -0.153. The smallest absolute Gasteiger partial charge is 0.305 e. The molecule has 0 aromatic carbocycles. The van der Waals surface area contributed by atoms with Crippen LogP contribution in [0.1, 0.15) is 25.7 Å². The van der Waals surface area contributed by atoms with Gasteiger partial charge in [0.05, 0.1) is 44.8 Å². The fourth-order valence-electron chi connectivity index (χ4n) is 2.77. The van der Waals surface area contributed by atoms with Crippen molar-refractivity contribution in [2.75, 3.05) is 39.5 Å². The first-order chi connectivity index (χ1) is 10.2. The third kappa shape index (κ3) is 5.26. The van der Waals surface area contributed by atoms with Gasteiger partial charge in [-0.05, 0) is 25.9 Å². The highest BCUT2D eigenvalue weighted by atomic mass is 16.5. The zero-order valence-electron chi connectivity index (χ0n) is 12.3. The average molecular weight is 300 g/mol. The maximum absolute atomic E-state index is 12.2. The number of carboxylic acid groups (broad SMARTS) is 1. The van der Waals surface area contributed by atoms with Crippen LogP contribution in [0.2, 0.25) is 0 Å². The van der Waals surface area contributed by atoms with Gasteiger partial charge < -0.3 is 24.8 Å². The number of hydrogen-bond donors (Lipinski definition) is 2. The lowest BCUT2D eigenvalue weighted by Gasteiger charge is -2.35. The van der Waals surface area contributed by atoms with Gasteiger partial charge in [-0.3, -0.25) is 9.59 Å². The molecule has 0 radical (unpaired) electrons. The van der Waals surface area contributed by atoms with E-state index in [4.69, 9.17) is 14.6 Å². The van der Waals surface area contributed by atoms with Crippen molar-refractivity contribution in [2.24, 2.45) is 0 Å². The lowest BCUT2D eigenvalue weighted by atomic mass is 10.1. The van der Waals surface area contributed by atoms with Crippen molar-refractivity contribution < 1.29 is 24.2 Å². The summed E-state index contributed by atoms with van der Waals surface area (Å²) >= 11 is 0. The number of nitrogens with zero attached hydrogens (tertiary/aromatic N) is 1. The molecule has 7 heteroatoms. The Kier molecular flexibility index (Phi) is 6.41. The summed E-state index contributed by atoms with van der Waals surface area (Å²) in [4.78, 5) is 24.7. The molecule has 21 heavy (non-hydrogen) atoms. The number of carbonyl (C=O) groups is 2. The van der Waals surface area contributed by atoms with Gasteiger partial charge in [-0.25, -0.2) is 0 Å². The molecule has 2 fully saturated rings. The minimum Gasteiger partial charge on any atom is -0.481 e. The maximum Gasteiger partial charge on any atom is 0.305 e. The molecule has 2 saturated heterocycles. The maximum atomic E-state index is 12.2. The number of ether oxygens (including phenoxy) is 2. The number of nitrogens with one attached hydrogen (secondary N) is 1. The van der Waals surface area contributed by atoms with Crippen LogP contribution in [0.3, 0.4) is 0 Å². The van der Waals surface area contributed by atoms with E-state index < -0.39 is 5.97 Å². The van der Waals surface area contributed by atoms with Crippen LogP contribution in [0.4, 0.5) is 0 Å². The Hall–Kier alpha value is -1.18. The summed E-state index contributed by atoms with van der Waals surface area (Å²) in [7, 11) is 0. The van der Waals surface area contributed by atoms with E-state index in [1.54, 1.807) is 4.90 Å². The van der Waals surface area contributed by atoms with Gasteiger partial charge in [0, 0.05) is 6.54 Å². The molecule has 0 spiro atoms. The molecule has 1 amide bonds. The van der Waals surface area contributed by atoms with Gasteiger partial charge >= 0.3 is 5.97 Å². The Labute approximate surface area is 124 Å². The van der Waals surface area contributed by atoms with Crippen LogP contribution in [0, 0.1) is 0 Å². The van der Waals surface area contributed by atoms with Gasteiger partial charge in [0.25, 0.3) is 0 Å². The Morgan fingerprint density at radius 2 is 2.10 bits per heavy atom. The summed E-state index contributed by atoms with van der Waals surface area (Å²) in [6.07, 6.45) is 2.43. The quantitative estimate of drug-likeness (QED) is 0.709. The van der Waals surface area contributed by atoms with Crippen molar-refractivity contribution >= 4 is 11.9 Å². The first-order valence-electron chi connectivity index (χ1n) is 7.58. The number of amides is 1. The Bertz CT molecular complexity index is 357. The zero-order valence-corrected chi connectivity index (χ0v) is 12.3. The Morgan fingerprint density at radius 3 is 2.81 bits per heavy atom. The molecule has 2 N–H and O–H groups in total. The van der Waals surface area contributed by atoms with Gasteiger partial charge in [0.15, 0.2) is 0 Å². The fourth-order valence-corrected chi connectivity index (χ4v) is 2.77. The van der Waals surface area contributed by atoms with Crippen molar-refractivity contribution in [3.05, 3.63) is 0 Å². The molecule has 1 atom stereocenters. The molecule has 2 rings (SSSR count). The summed E-state index contributed by atoms with van der Waals surface area (Å²) in [5.74, 6) is -0.951. The molecular formula is C14H24N2O5. The molecule has 0 aliphatic carbocycles. The minimum atomic E-state index is -0.908. The molecule has 7 nitrogen and oxygen atoms in total. The summed E-state index contributed by atoms with van der Waals surface area (Å²) < 4.78 is 11.0. The number of morpholine rings is 1. The van der Waals surface area contributed by atoms with Crippen LogP contribution >= 0.6 is 0 Å². The molecule has 2 aliphatic heterocycles. The number of carbonyl (C=O) groups excluding carboxylic acids is 1. The van der Waals surface area contributed by atoms with Gasteiger partial charge in [-0.1, -0.05) is 0 Å². The van der Waals surface area contributed by atoms with Crippen molar-refractivity contribution in [2.45, 2.75) is 37.8 Å². The Balaban J connectivity index is 1.73. The molecule has 1 unspecified atom stereocenters. The largest absolute Gasteiger partial charge is 0.481 e. The molecule has 0 aromatic rings. The predicted molar refractivity (Wildman–Crippen MR) is 75.0 cm³/mol. The highest BCUT2D eigenvalue weighted by Crippen LogP contribution is 2.13. The van der Waals surface area contributed by atoms with Crippen molar-refractivity contribution in [1.29, 1.82) is 0 Å². The van der Waals surface area contributed by atoms with Gasteiger partial charge in [-0.15, -0.1) is 0 Å². The third-order valence-corrected chi connectivity index (χ3v) is 3.91. The summed E-state index contributed by atoms with van der Waals surface area (Å²) in [5.41, 5.74) is 0. The lowest BCUT2D eigenvalue weighted by molar-refractivity contribution is -0.147. The number of hydrogen-bond acceptors (Lipinski definition) is 5. The van der Waals surface area contributed by atoms with Crippen LogP contribution in [0.5, 0.6) is 0 Å². The first-order valence-corrected chi connectivity index (χ1v) is 7.58. The van der Waals surface area contributed by atoms with E-state index in [0.717, 1.165) is 25.9 Å². The van der Waals surface area contributed by atoms with Gasteiger partial charge in [0.2, 0.25) is 5.91 Å². The zero-order chi connectivity index (χ0) is 15.1. The van der Waals surface area contributed by atoms with Crippen LogP contribution in [-0.2, 0) is 19.1 Å². The normalized spacial score (nSPS) is 24.0. The van der Waals surface area contributed by atoms with Crippen LogP contribution in [0.25, 0.3) is 0 Å². The molecule has 2 aliphatic rings. The van der Waals surface area contributed by atoms with Crippen LogP contribution in [-0.4, -0.2) is 73.5 Å². The van der Waals surface area contributed by atoms with E-state index in [2.05, 4.69) is 5.32 Å². The number of rotatable bonds is 6. The monoisotopic (exact) mass is 300 g/mol. The average Bonchev–Trinajstić information content (AvgIpc) is 2.48. The highest BCUT2D eigenvalue weighted by Gasteiger charge is 2.28. The molecule has 0 bridgehead atoms. The molecule has 2 heterocycles. The number of piperidine rings is 1. The second kappa shape index (κ2) is 8.31. The van der Waals surface area contributed by atoms with Gasteiger partial charge in [-0.2, -0.15) is 0 Å². The molecule has 120 valence electrons. The van der Waals surface area contributed by atoms with Gasteiger partial charge in [0.1, 0.15) is 0 Å². The van der Waals surface area contributed by atoms with E-state index in [1.165, 1.54) is 0 Å². The van der Waals surface area contributed by atoms with Crippen molar-refractivity contribution in [3.8, 4) is 0 Å². The second-order valence-corrected chi connectivity index (χ2v) is 5.48. The first kappa shape index (κ1) is 16.2.